The molecule has 25 heavy (non-hydrogen) atoms. The van der Waals surface area contributed by atoms with E-state index < -0.39 is 0 Å². The summed E-state index contributed by atoms with van der Waals surface area (Å²) in [5, 5.41) is 10.1. The molecule has 1 N–H and O–H groups in total. The van der Waals surface area contributed by atoms with Gasteiger partial charge >= 0.3 is 0 Å². The summed E-state index contributed by atoms with van der Waals surface area (Å²) in [6, 6.07) is 7.74. The van der Waals surface area contributed by atoms with Gasteiger partial charge in [0.2, 0.25) is 0 Å². The molecule has 0 aromatic heterocycles. The maximum atomic E-state index is 10.1. The SMILES string of the molecule is CCCC(C)(C)N1CCN(CC)CCN(Cc2ccccc2O)CC1. The monoisotopic (exact) mass is 347 g/mol. The third kappa shape index (κ3) is 5.98. The van der Waals surface area contributed by atoms with Crippen LogP contribution in [0.3, 0.4) is 0 Å². The minimum atomic E-state index is 0.249. The van der Waals surface area contributed by atoms with Crippen LogP contribution >= 0.6 is 0 Å². The number of phenolic OH excluding ortho intramolecular Hbond substituents is 1. The van der Waals surface area contributed by atoms with E-state index in [0.717, 1.165) is 57.9 Å². The van der Waals surface area contributed by atoms with Gasteiger partial charge in [-0.15, -0.1) is 0 Å². The molecule has 0 saturated carbocycles. The Morgan fingerprint density at radius 2 is 1.52 bits per heavy atom. The van der Waals surface area contributed by atoms with E-state index in [9.17, 15) is 5.11 Å². The quantitative estimate of drug-likeness (QED) is 0.854. The lowest BCUT2D eigenvalue weighted by Crippen LogP contribution is -2.48. The molecule has 2 rings (SSSR count). The summed E-state index contributed by atoms with van der Waals surface area (Å²) < 4.78 is 0. The molecule has 0 aliphatic carbocycles. The largest absolute Gasteiger partial charge is 0.508 e. The van der Waals surface area contributed by atoms with E-state index in [4.69, 9.17) is 0 Å². The second kappa shape index (κ2) is 9.56. The summed E-state index contributed by atoms with van der Waals surface area (Å²) in [6.45, 7) is 17.8. The van der Waals surface area contributed by atoms with Crippen LogP contribution in [0.25, 0.3) is 0 Å². The van der Waals surface area contributed by atoms with E-state index in [2.05, 4.69) is 42.4 Å². The smallest absolute Gasteiger partial charge is 0.120 e. The Hall–Kier alpha value is -1.10. The van der Waals surface area contributed by atoms with Gasteiger partial charge in [-0.3, -0.25) is 9.80 Å². The summed E-state index contributed by atoms with van der Waals surface area (Å²) in [5.41, 5.74) is 1.28. The van der Waals surface area contributed by atoms with Crippen LogP contribution in [0.5, 0.6) is 5.75 Å². The number of hydrogen-bond donors (Lipinski definition) is 1. The van der Waals surface area contributed by atoms with Crippen LogP contribution in [0.15, 0.2) is 24.3 Å². The fourth-order valence-electron chi connectivity index (χ4n) is 3.88. The number of nitrogens with zero attached hydrogens (tertiary/aromatic N) is 3. The minimum Gasteiger partial charge on any atom is -0.508 e. The lowest BCUT2D eigenvalue weighted by Gasteiger charge is -2.39. The molecule has 0 atom stereocenters. The van der Waals surface area contributed by atoms with Crippen molar-refractivity contribution in [3.05, 3.63) is 29.8 Å². The van der Waals surface area contributed by atoms with Gasteiger partial charge in [0.1, 0.15) is 5.75 Å². The number of para-hydroxylation sites is 1. The highest BCUT2D eigenvalue weighted by molar-refractivity contribution is 5.31. The summed E-state index contributed by atoms with van der Waals surface area (Å²) in [6.07, 6.45) is 2.46. The fraction of sp³-hybridized carbons (Fsp3) is 0.714. The third-order valence-corrected chi connectivity index (χ3v) is 5.66. The first-order valence-corrected chi connectivity index (χ1v) is 9.93. The molecule has 1 fully saturated rings. The molecule has 0 spiro atoms. The maximum absolute atomic E-state index is 10.1. The van der Waals surface area contributed by atoms with Gasteiger partial charge < -0.3 is 10.0 Å². The van der Waals surface area contributed by atoms with Gasteiger partial charge in [0, 0.05) is 56.9 Å². The fourth-order valence-corrected chi connectivity index (χ4v) is 3.88. The van der Waals surface area contributed by atoms with Crippen molar-refractivity contribution in [3.63, 3.8) is 0 Å². The molecule has 1 aliphatic rings. The van der Waals surface area contributed by atoms with Crippen molar-refractivity contribution in [2.75, 3.05) is 45.8 Å². The maximum Gasteiger partial charge on any atom is 0.120 e. The van der Waals surface area contributed by atoms with Crippen LogP contribution < -0.4 is 0 Å². The minimum absolute atomic E-state index is 0.249. The van der Waals surface area contributed by atoms with Gasteiger partial charge in [-0.05, 0) is 32.9 Å². The van der Waals surface area contributed by atoms with E-state index in [1.165, 1.54) is 12.8 Å². The predicted octanol–water partition coefficient (Wildman–Crippen LogP) is 3.41. The molecule has 0 bridgehead atoms. The van der Waals surface area contributed by atoms with E-state index in [0.29, 0.717) is 5.75 Å². The number of aromatic hydroxyl groups is 1. The van der Waals surface area contributed by atoms with Crippen molar-refractivity contribution in [2.24, 2.45) is 0 Å². The number of likely N-dealkylation sites (N-methyl/N-ethyl adjacent to an activating group) is 1. The molecule has 1 aromatic rings. The van der Waals surface area contributed by atoms with Gasteiger partial charge in [-0.2, -0.15) is 0 Å². The molecule has 0 amide bonds. The molecular formula is C21H37N3O. The van der Waals surface area contributed by atoms with Crippen LogP contribution in [-0.4, -0.2) is 71.2 Å². The number of rotatable bonds is 6. The zero-order chi connectivity index (χ0) is 18.3. The lowest BCUT2D eigenvalue weighted by molar-refractivity contribution is 0.0930. The van der Waals surface area contributed by atoms with Gasteiger partial charge in [0.15, 0.2) is 0 Å². The third-order valence-electron chi connectivity index (χ3n) is 5.66. The van der Waals surface area contributed by atoms with Gasteiger partial charge in [0.25, 0.3) is 0 Å². The summed E-state index contributed by atoms with van der Waals surface area (Å²) in [5.74, 6) is 0.415. The molecule has 0 unspecified atom stereocenters. The molecular weight excluding hydrogens is 310 g/mol. The Bertz CT molecular complexity index is 518. The Morgan fingerprint density at radius 1 is 0.920 bits per heavy atom. The van der Waals surface area contributed by atoms with Crippen LogP contribution in [0.4, 0.5) is 0 Å². The Balaban J connectivity index is 2.09. The average molecular weight is 348 g/mol. The molecule has 1 aliphatic heterocycles. The van der Waals surface area contributed by atoms with Crippen molar-refractivity contribution in [2.45, 2.75) is 52.6 Å². The Kier molecular flexibility index (Phi) is 7.73. The van der Waals surface area contributed by atoms with Crippen molar-refractivity contribution in [1.29, 1.82) is 0 Å². The van der Waals surface area contributed by atoms with Crippen LogP contribution in [0.2, 0.25) is 0 Å². The molecule has 1 saturated heterocycles. The summed E-state index contributed by atoms with van der Waals surface area (Å²) in [4.78, 5) is 7.72. The van der Waals surface area contributed by atoms with Crippen molar-refractivity contribution >= 4 is 0 Å². The van der Waals surface area contributed by atoms with Crippen molar-refractivity contribution in [1.82, 2.24) is 14.7 Å². The first-order valence-electron chi connectivity index (χ1n) is 9.93. The summed E-state index contributed by atoms with van der Waals surface area (Å²) >= 11 is 0. The topological polar surface area (TPSA) is 30.0 Å². The molecule has 4 heteroatoms. The lowest BCUT2D eigenvalue weighted by atomic mass is 9.96. The molecule has 4 nitrogen and oxygen atoms in total. The second-order valence-electron chi connectivity index (χ2n) is 7.89. The highest BCUT2D eigenvalue weighted by atomic mass is 16.3. The first kappa shape index (κ1) is 20.2. The normalized spacial score (nSPS) is 19.4. The van der Waals surface area contributed by atoms with E-state index >= 15 is 0 Å². The van der Waals surface area contributed by atoms with Gasteiger partial charge in [-0.25, -0.2) is 0 Å². The predicted molar refractivity (Wildman–Crippen MR) is 106 cm³/mol. The van der Waals surface area contributed by atoms with Gasteiger partial charge in [0.05, 0.1) is 0 Å². The molecule has 142 valence electrons. The number of hydrogen-bond acceptors (Lipinski definition) is 4. The molecule has 1 heterocycles. The van der Waals surface area contributed by atoms with Crippen LogP contribution in [-0.2, 0) is 6.54 Å². The number of benzene rings is 1. The van der Waals surface area contributed by atoms with Gasteiger partial charge in [-0.1, -0.05) is 38.5 Å². The average Bonchev–Trinajstić information content (AvgIpc) is 2.68. The summed E-state index contributed by atoms with van der Waals surface area (Å²) in [7, 11) is 0. The zero-order valence-corrected chi connectivity index (χ0v) is 16.7. The Labute approximate surface area is 154 Å². The Morgan fingerprint density at radius 3 is 2.16 bits per heavy atom. The van der Waals surface area contributed by atoms with Crippen LogP contribution in [0.1, 0.15) is 46.1 Å². The zero-order valence-electron chi connectivity index (χ0n) is 16.7. The number of phenols is 1. The highest BCUT2D eigenvalue weighted by Gasteiger charge is 2.27. The van der Waals surface area contributed by atoms with E-state index in [-0.39, 0.29) is 5.54 Å². The molecule has 0 radical (unpaired) electrons. The first-order chi connectivity index (χ1) is 12.0. The molecule has 1 aromatic carbocycles. The second-order valence-corrected chi connectivity index (χ2v) is 7.89. The van der Waals surface area contributed by atoms with E-state index in [1.54, 1.807) is 6.07 Å². The van der Waals surface area contributed by atoms with Crippen molar-refractivity contribution < 1.29 is 5.11 Å². The van der Waals surface area contributed by atoms with E-state index in [1.807, 2.05) is 18.2 Å². The van der Waals surface area contributed by atoms with Crippen molar-refractivity contribution in [3.8, 4) is 5.75 Å². The van der Waals surface area contributed by atoms with Crippen LogP contribution in [0, 0.1) is 0 Å². The standard InChI is InChI=1S/C21H37N3O/c1-5-11-21(3,4)24-16-14-22(6-2)12-13-23(15-17-24)18-19-9-7-8-10-20(19)25/h7-10,25H,5-6,11-18H2,1-4H3. The highest BCUT2D eigenvalue weighted by Crippen LogP contribution is 2.22.